The lowest BCUT2D eigenvalue weighted by Gasteiger charge is -2.10. The summed E-state index contributed by atoms with van der Waals surface area (Å²) in [6, 6.07) is 22.8. The van der Waals surface area contributed by atoms with Crippen LogP contribution < -0.4 is 10.1 Å². The predicted molar refractivity (Wildman–Crippen MR) is 93.2 cm³/mol. The van der Waals surface area contributed by atoms with Gasteiger partial charge in [-0.25, -0.2) is 4.98 Å². The molecule has 24 heavy (non-hydrogen) atoms. The van der Waals surface area contributed by atoms with E-state index in [1.54, 1.807) is 18.3 Å². The van der Waals surface area contributed by atoms with Gasteiger partial charge >= 0.3 is 0 Å². The number of amides is 1. The number of carbonyl (C=O) groups excluding carboxylic acids is 1. The van der Waals surface area contributed by atoms with Crippen molar-refractivity contribution in [2.24, 2.45) is 0 Å². The highest BCUT2D eigenvalue weighted by atomic mass is 16.5. The number of hydrogen-bond acceptors (Lipinski definition) is 3. The Morgan fingerprint density at radius 1 is 0.917 bits per heavy atom. The van der Waals surface area contributed by atoms with Crippen molar-refractivity contribution >= 4 is 5.91 Å². The molecular weight excluding hydrogens is 300 g/mol. The Kier molecular flexibility index (Phi) is 5.20. The third-order valence-electron chi connectivity index (χ3n) is 3.52. The van der Waals surface area contributed by atoms with Gasteiger partial charge in [0.05, 0.1) is 0 Å². The molecular formula is C20H18N2O2. The van der Waals surface area contributed by atoms with Gasteiger partial charge < -0.3 is 10.1 Å². The minimum Gasteiger partial charge on any atom is -0.438 e. The first-order valence-corrected chi connectivity index (χ1v) is 7.83. The Balaban J connectivity index is 1.64. The maximum absolute atomic E-state index is 12.4. The molecule has 0 aliphatic rings. The smallest absolute Gasteiger partial charge is 0.256 e. The van der Waals surface area contributed by atoms with Gasteiger partial charge in [-0.05, 0) is 36.2 Å². The van der Waals surface area contributed by atoms with Crippen LogP contribution >= 0.6 is 0 Å². The molecule has 0 fully saturated rings. The lowest BCUT2D eigenvalue weighted by atomic mass is 10.1. The molecule has 0 saturated carbocycles. The average Bonchev–Trinajstić information content (AvgIpc) is 2.64. The van der Waals surface area contributed by atoms with E-state index in [0.717, 1.165) is 6.42 Å². The molecule has 4 nitrogen and oxygen atoms in total. The summed E-state index contributed by atoms with van der Waals surface area (Å²) in [5, 5.41) is 2.91. The van der Waals surface area contributed by atoms with E-state index in [1.165, 1.54) is 5.56 Å². The zero-order chi connectivity index (χ0) is 16.6. The molecule has 0 atom stereocenters. The summed E-state index contributed by atoms with van der Waals surface area (Å²) >= 11 is 0. The van der Waals surface area contributed by atoms with Gasteiger partial charge in [0.1, 0.15) is 11.3 Å². The van der Waals surface area contributed by atoms with Crippen LogP contribution in [0.25, 0.3) is 0 Å². The Hall–Kier alpha value is -3.14. The summed E-state index contributed by atoms with van der Waals surface area (Å²) in [5.74, 6) is 0.764. The van der Waals surface area contributed by atoms with Crippen LogP contribution in [0.1, 0.15) is 15.9 Å². The average molecular weight is 318 g/mol. The fraction of sp³-hybridized carbons (Fsp3) is 0.100. The van der Waals surface area contributed by atoms with E-state index in [-0.39, 0.29) is 5.91 Å². The van der Waals surface area contributed by atoms with Crippen molar-refractivity contribution in [3.05, 3.63) is 90.1 Å². The van der Waals surface area contributed by atoms with E-state index >= 15 is 0 Å². The van der Waals surface area contributed by atoms with Crippen molar-refractivity contribution in [1.29, 1.82) is 0 Å². The molecule has 0 spiro atoms. The Bertz CT molecular complexity index is 789. The molecule has 3 aromatic rings. The van der Waals surface area contributed by atoms with Crippen LogP contribution in [0.15, 0.2) is 79.0 Å². The second-order valence-electron chi connectivity index (χ2n) is 5.26. The molecule has 0 bridgehead atoms. The fourth-order valence-corrected chi connectivity index (χ4v) is 2.31. The monoisotopic (exact) mass is 318 g/mol. The number of pyridine rings is 1. The van der Waals surface area contributed by atoms with E-state index in [2.05, 4.69) is 10.3 Å². The molecule has 3 rings (SSSR count). The van der Waals surface area contributed by atoms with E-state index in [9.17, 15) is 4.79 Å². The summed E-state index contributed by atoms with van der Waals surface area (Å²) in [5.41, 5.74) is 1.61. The summed E-state index contributed by atoms with van der Waals surface area (Å²) in [6.45, 7) is 0.558. The van der Waals surface area contributed by atoms with Gasteiger partial charge in [-0.3, -0.25) is 4.79 Å². The van der Waals surface area contributed by atoms with Crippen molar-refractivity contribution < 1.29 is 9.53 Å². The number of para-hydroxylation sites is 1. The molecule has 4 heteroatoms. The third-order valence-corrected chi connectivity index (χ3v) is 3.52. The van der Waals surface area contributed by atoms with E-state index < -0.39 is 0 Å². The number of nitrogens with one attached hydrogen (secondary N) is 1. The summed E-state index contributed by atoms with van der Waals surface area (Å²) in [6.07, 6.45) is 2.39. The number of ether oxygens (including phenoxy) is 1. The lowest BCUT2D eigenvalue weighted by molar-refractivity contribution is 0.0951. The highest BCUT2D eigenvalue weighted by Gasteiger charge is 2.13. The van der Waals surface area contributed by atoms with Gasteiger partial charge in [0.2, 0.25) is 5.88 Å². The Morgan fingerprint density at radius 2 is 1.62 bits per heavy atom. The van der Waals surface area contributed by atoms with Crippen LogP contribution in [-0.4, -0.2) is 17.4 Å². The lowest BCUT2D eigenvalue weighted by Crippen LogP contribution is -2.26. The number of carbonyl (C=O) groups is 1. The predicted octanol–water partition coefficient (Wildman–Crippen LogP) is 3.85. The minimum absolute atomic E-state index is 0.190. The normalized spacial score (nSPS) is 10.2. The third kappa shape index (κ3) is 4.20. The van der Waals surface area contributed by atoms with Crippen LogP contribution in [0.2, 0.25) is 0 Å². The molecule has 1 N–H and O–H groups in total. The largest absolute Gasteiger partial charge is 0.438 e. The number of rotatable bonds is 6. The number of benzene rings is 2. The number of nitrogens with zero attached hydrogens (tertiary/aromatic N) is 1. The molecule has 120 valence electrons. The highest BCUT2D eigenvalue weighted by Crippen LogP contribution is 2.22. The van der Waals surface area contributed by atoms with Gasteiger partial charge in [0, 0.05) is 12.7 Å². The molecule has 0 saturated heterocycles. The van der Waals surface area contributed by atoms with Crippen LogP contribution in [-0.2, 0) is 6.42 Å². The Morgan fingerprint density at radius 3 is 2.38 bits per heavy atom. The zero-order valence-electron chi connectivity index (χ0n) is 13.2. The summed E-state index contributed by atoms with van der Waals surface area (Å²) < 4.78 is 5.72. The molecule has 1 heterocycles. The van der Waals surface area contributed by atoms with Gasteiger partial charge in [0.25, 0.3) is 5.91 Å². The van der Waals surface area contributed by atoms with Gasteiger partial charge in [-0.15, -0.1) is 0 Å². The second kappa shape index (κ2) is 7.92. The Labute approximate surface area is 141 Å². The number of hydrogen-bond donors (Lipinski definition) is 1. The van der Waals surface area contributed by atoms with Crippen molar-refractivity contribution in [3.63, 3.8) is 0 Å². The SMILES string of the molecule is O=C(NCCc1ccccc1)c1cccnc1Oc1ccccc1. The molecule has 1 amide bonds. The maximum atomic E-state index is 12.4. The maximum Gasteiger partial charge on any atom is 0.256 e. The molecule has 1 aromatic heterocycles. The first-order valence-electron chi connectivity index (χ1n) is 7.83. The van der Waals surface area contributed by atoms with Crippen LogP contribution in [0.3, 0.4) is 0 Å². The molecule has 0 radical (unpaired) electrons. The van der Waals surface area contributed by atoms with Crippen molar-refractivity contribution in [3.8, 4) is 11.6 Å². The zero-order valence-corrected chi connectivity index (χ0v) is 13.2. The van der Waals surface area contributed by atoms with Crippen molar-refractivity contribution in [2.45, 2.75) is 6.42 Å². The van der Waals surface area contributed by atoms with Crippen LogP contribution in [0, 0.1) is 0 Å². The minimum atomic E-state index is -0.190. The first-order chi connectivity index (χ1) is 11.8. The fourth-order valence-electron chi connectivity index (χ4n) is 2.31. The van der Waals surface area contributed by atoms with Gasteiger partial charge in [-0.1, -0.05) is 48.5 Å². The number of aromatic nitrogens is 1. The highest BCUT2D eigenvalue weighted by molar-refractivity contribution is 5.96. The first kappa shape index (κ1) is 15.7. The van der Waals surface area contributed by atoms with E-state index in [1.807, 2.05) is 60.7 Å². The quantitative estimate of drug-likeness (QED) is 0.751. The molecule has 0 aliphatic carbocycles. The van der Waals surface area contributed by atoms with Crippen molar-refractivity contribution in [2.75, 3.05) is 6.54 Å². The summed E-state index contributed by atoms with van der Waals surface area (Å²) in [4.78, 5) is 16.6. The van der Waals surface area contributed by atoms with Crippen LogP contribution in [0.4, 0.5) is 0 Å². The van der Waals surface area contributed by atoms with Gasteiger partial charge in [-0.2, -0.15) is 0 Å². The van der Waals surface area contributed by atoms with Crippen molar-refractivity contribution in [1.82, 2.24) is 10.3 Å². The van der Waals surface area contributed by atoms with E-state index in [0.29, 0.717) is 23.7 Å². The van der Waals surface area contributed by atoms with Crippen LogP contribution in [0.5, 0.6) is 11.6 Å². The molecule has 0 aliphatic heterocycles. The second-order valence-corrected chi connectivity index (χ2v) is 5.26. The summed E-state index contributed by atoms with van der Waals surface area (Å²) in [7, 11) is 0. The molecule has 0 unspecified atom stereocenters. The topological polar surface area (TPSA) is 51.2 Å². The molecule has 2 aromatic carbocycles. The standard InChI is InChI=1S/C20H18N2O2/c23-19(21-15-13-16-8-3-1-4-9-16)18-12-7-14-22-20(18)24-17-10-5-2-6-11-17/h1-12,14H,13,15H2,(H,21,23). The van der Waals surface area contributed by atoms with E-state index in [4.69, 9.17) is 4.74 Å². The van der Waals surface area contributed by atoms with Gasteiger partial charge in [0.15, 0.2) is 0 Å².